The van der Waals surface area contributed by atoms with Crippen LogP contribution in [0.4, 0.5) is 0 Å². The van der Waals surface area contributed by atoms with Crippen LogP contribution >= 0.6 is 0 Å². The molecule has 3 nitrogen and oxygen atoms in total. The predicted molar refractivity (Wildman–Crippen MR) is 41.1 cm³/mol. The Balaban J connectivity index is 2.12. The summed E-state index contributed by atoms with van der Waals surface area (Å²) in [7, 11) is 0. The molecule has 0 aromatic heterocycles. The highest BCUT2D eigenvalue weighted by molar-refractivity contribution is 4.73. The lowest BCUT2D eigenvalue weighted by atomic mass is 10.2. The molecule has 0 aromatic carbocycles. The first-order valence-electron chi connectivity index (χ1n) is 3.85. The van der Waals surface area contributed by atoms with Crippen molar-refractivity contribution >= 4 is 0 Å². The van der Waals surface area contributed by atoms with Crippen molar-refractivity contribution in [3.05, 3.63) is 12.7 Å². The Morgan fingerprint density at radius 2 is 2.18 bits per heavy atom. The van der Waals surface area contributed by atoms with Crippen LogP contribution in [0.25, 0.3) is 0 Å². The van der Waals surface area contributed by atoms with Gasteiger partial charge in [0.15, 0.2) is 6.29 Å². The Morgan fingerprint density at radius 1 is 1.55 bits per heavy atom. The summed E-state index contributed by atoms with van der Waals surface area (Å²) in [6.45, 7) is 4.82. The van der Waals surface area contributed by atoms with Crippen molar-refractivity contribution in [1.82, 2.24) is 0 Å². The van der Waals surface area contributed by atoms with Gasteiger partial charge in [-0.25, -0.2) is 0 Å². The first-order chi connectivity index (χ1) is 5.33. The fraction of sp³-hybridized carbons (Fsp3) is 0.750. The maximum Gasteiger partial charge on any atom is 0.160 e. The predicted octanol–water partition coefficient (Wildman–Crippen LogP) is 0.686. The Bertz CT molecular complexity index is 119. The SMILES string of the molecule is C=CCC(O)CC1OCCO1. The van der Waals surface area contributed by atoms with Crippen LogP contribution in [0.15, 0.2) is 12.7 Å². The van der Waals surface area contributed by atoms with E-state index >= 15 is 0 Å². The van der Waals surface area contributed by atoms with Crippen LogP contribution in [0.3, 0.4) is 0 Å². The number of ether oxygens (including phenoxy) is 2. The van der Waals surface area contributed by atoms with E-state index in [2.05, 4.69) is 6.58 Å². The monoisotopic (exact) mass is 158 g/mol. The van der Waals surface area contributed by atoms with Gasteiger partial charge in [-0.1, -0.05) is 6.08 Å². The average Bonchev–Trinajstić information content (AvgIpc) is 2.40. The van der Waals surface area contributed by atoms with Crippen LogP contribution in [0, 0.1) is 0 Å². The quantitative estimate of drug-likeness (QED) is 0.612. The van der Waals surface area contributed by atoms with E-state index in [0.717, 1.165) is 0 Å². The molecule has 64 valence electrons. The summed E-state index contributed by atoms with van der Waals surface area (Å²) >= 11 is 0. The van der Waals surface area contributed by atoms with Gasteiger partial charge in [-0.3, -0.25) is 0 Å². The molecule has 1 fully saturated rings. The van der Waals surface area contributed by atoms with Crippen molar-refractivity contribution in [2.45, 2.75) is 25.2 Å². The number of hydrogen-bond acceptors (Lipinski definition) is 3. The lowest BCUT2D eigenvalue weighted by Gasteiger charge is -2.12. The van der Waals surface area contributed by atoms with Crippen molar-refractivity contribution < 1.29 is 14.6 Å². The van der Waals surface area contributed by atoms with Crippen molar-refractivity contribution in [3.63, 3.8) is 0 Å². The second kappa shape index (κ2) is 4.49. The number of hydrogen-bond donors (Lipinski definition) is 1. The van der Waals surface area contributed by atoms with E-state index in [0.29, 0.717) is 26.1 Å². The van der Waals surface area contributed by atoms with Crippen LogP contribution in [0.5, 0.6) is 0 Å². The maximum atomic E-state index is 9.28. The van der Waals surface area contributed by atoms with Gasteiger partial charge in [0.05, 0.1) is 19.3 Å². The van der Waals surface area contributed by atoms with E-state index in [4.69, 9.17) is 9.47 Å². The van der Waals surface area contributed by atoms with Crippen molar-refractivity contribution in [3.8, 4) is 0 Å². The Kier molecular flexibility index (Phi) is 3.56. The van der Waals surface area contributed by atoms with E-state index in [1.807, 2.05) is 0 Å². The molecular formula is C8H14O3. The summed E-state index contributed by atoms with van der Waals surface area (Å²) in [6, 6.07) is 0. The van der Waals surface area contributed by atoms with Gasteiger partial charge >= 0.3 is 0 Å². The third-order valence-electron chi connectivity index (χ3n) is 1.59. The van der Waals surface area contributed by atoms with Crippen molar-refractivity contribution in [2.75, 3.05) is 13.2 Å². The number of aliphatic hydroxyl groups excluding tert-OH is 1. The van der Waals surface area contributed by atoms with Crippen LogP contribution in [-0.4, -0.2) is 30.7 Å². The third kappa shape index (κ3) is 3.01. The fourth-order valence-corrected chi connectivity index (χ4v) is 1.05. The summed E-state index contributed by atoms with van der Waals surface area (Å²) in [6.07, 6.45) is 2.26. The lowest BCUT2D eigenvalue weighted by Crippen LogP contribution is -2.17. The average molecular weight is 158 g/mol. The minimum atomic E-state index is -0.379. The standard InChI is InChI=1S/C8H14O3/c1-2-3-7(9)6-8-10-4-5-11-8/h2,7-9H,1,3-6H2. The number of aliphatic hydroxyl groups is 1. The smallest absolute Gasteiger partial charge is 0.160 e. The van der Waals surface area contributed by atoms with Crippen molar-refractivity contribution in [1.29, 1.82) is 0 Å². The van der Waals surface area contributed by atoms with Gasteiger partial charge in [0, 0.05) is 6.42 Å². The first kappa shape index (κ1) is 8.71. The summed E-state index contributed by atoms with van der Waals surface area (Å²) in [5.41, 5.74) is 0. The zero-order chi connectivity index (χ0) is 8.10. The molecule has 1 aliphatic heterocycles. The van der Waals surface area contributed by atoms with Gasteiger partial charge in [-0.05, 0) is 6.42 Å². The summed E-state index contributed by atoms with van der Waals surface area (Å²) in [4.78, 5) is 0. The zero-order valence-electron chi connectivity index (χ0n) is 6.53. The van der Waals surface area contributed by atoms with E-state index in [9.17, 15) is 5.11 Å². The van der Waals surface area contributed by atoms with Gasteiger partial charge in [-0.15, -0.1) is 6.58 Å². The third-order valence-corrected chi connectivity index (χ3v) is 1.59. The van der Waals surface area contributed by atoms with Crippen LogP contribution in [-0.2, 0) is 9.47 Å². The molecule has 1 unspecified atom stereocenters. The van der Waals surface area contributed by atoms with Gasteiger partial charge in [0.2, 0.25) is 0 Å². The second-order valence-corrected chi connectivity index (χ2v) is 2.59. The minimum absolute atomic E-state index is 0.204. The van der Waals surface area contributed by atoms with E-state index in [1.165, 1.54) is 0 Å². The molecule has 1 atom stereocenters. The van der Waals surface area contributed by atoms with Crippen molar-refractivity contribution in [2.24, 2.45) is 0 Å². The highest BCUT2D eigenvalue weighted by Gasteiger charge is 2.18. The minimum Gasteiger partial charge on any atom is -0.393 e. The molecule has 11 heavy (non-hydrogen) atoms. The lowest BCUT2D eigenvalue weighted by molar-refractivity contribution is -0.0694. The van der Waals surface area contributed by atoms with E-state index in [1.54, 1.807) is 6.08 Å². The molecule has 0 spiro atoms. The largest absolute Gasteiger partial charge is 0.393 e. The molecular weight excluding hydrogens is 144 g/mol. The van der Waals surface area contributed by atoms with Crippen LogP contribution in [0.2, 0.25) is 0 Å². The summed E-state index contributed by atoms with van der Waals surface area (Å²) < 4.78 is 10.3. The first-order valence-corrected chi connectivity index (χ1v) is 3.85. The second-order valence-electron chi connectivity index (χ2n) is 2.59. The van der Waals surface area contributed by atoms with Gasteiger partial charge < -0.3 is 14.6 Å². The van der Waals surface area contributed by atoms with Crippen LogP contribution < -0.4 is 0 Å². The zero-order valence-corrected chi connectivity index (χ0v) is 6.53. The maximum absolute atomic E-state index is 9.28. The van der Waals surface area contributed by atoms with Gasteiger partial charge in [-0.2, -0.15) is 0 Å². The molecule has 0 aliphatic carbocycles. The summed E-state index contributed by atoms with van der Waals surface area (Å²) in [5.74, 6) is 0. The molecule has 3 heteroatoms. The highest BCUT2D eigenvalue weighted by Crippen LogP contribution is 2.11. The Hall–Kier alpha value is -0.380. The molecule has 0 bridgehead atoms. The fourth-order valence-electron chi connectivity index (χ4n) is 1.05. The van der Waals surface area contributed by atoms with E-state index < -0.39 is 0 Å². The topological polar surface area (TPSA) is 38.7 Å². The molecule has 0 saturated carbocycles. The molecule has 0 radical (unpaired) electrons. The molecule has 0 aromatic rings. The normalized spacial score (nSPS) is 21.9. The Labute approximate surface area is 66.6 Å². The molecule has 1 rings (SSSR count). The molecule has 1 N–H and O–H groups in total. The van der Waals surface area contributed by atoms with Gasteiger partial charge in [0.1, 0.15) is 0 Å². The number of rotatable bonds is 4. The molecule has 1 heterocycles. The van der Waals surface area contributed by atoms with Crippen LogP contribution in [0.1, 0.15) is 12.8 Å². The summed E-state index contributed by atoms with van der Waals surface area (Å²) in [5, 5.41) is 9.28. The highest BCUT2D eigenvalue weighted by atomic mass is 16.7. The molecule has 0 amide bonds. The van der Waals surface area contributed by atoms with E-state index in [-0.39, 0.29) is 12.4 Å². The molecule has 1 saturated heterocycles. The van der Waals surface area contributed by atoms with Gasteiger partial charge in [0.25, 0.3) is 0 Å². The Morgan fingerprint density at radius 3 is 2.73 bits per heavy atom. The molecule has 1 aliphatic rings.